The molecule has 84 valence electrons. The number of carboxylic acid groups (broad SMARTS) is 1. The summed E-state index contributed by atoms with van der Waals surface area (Å²) < 4.78 is 13.2. The molecule has 5 nitrogen and oxygen atoms in total. The highest BCUT2D eigenvalue weighted by Crippen LogP contribution is 2.23. The number of halogens is 1. The van der Waals surface area contributed by atoms with Crippen LogP contribution in [0.4, 0.5) is 10.1 Å². The fourth-order valence-electron chi connectivity index (χ4n) is 1.14. The van der Waals surface area contributed by atoms with Crippen LogP contribution < -0.4 is 0 Å². The number of rotatable bonds is 3. The van der Waals surface area contributed by atoms with E-state index in [2.05, 4.69) is 0 Å². The zero-order valence-corrected chi connectivity index (χ0v) is 8.31. The van der Waals surface area contributed by atoms with Crippen LogP contribution in [0.1, 0.15) is 11.1 Å². The predicted molar refractivity (Wildman–Crippen MR) is 54.5 cm³/mol. The van der Waals surface area contributed by atoms with Crippen molar-refractivity contribution in [1.82, 2.24) is 0 Å². The Kier molecular flexibility index (Phi) is 3.34. The molecule has 1 aromatic carbocycles. The van der Waals surface area contributed by atoms with Crippen LogP contribution in [0.3, 0.4) is 0 Å². The van der Waals surface area contributed by atoms with Gasteiger partial charge in [-0.15, -0.1) is 0 Å². The fraction of sp³-hybridized carbons (Fsp3) is 0.100. The zero-order chi connectivity index (χ0) is 12.3. The van der Waals surface area contributed by atoms with E-state index in [1.807, 2.05) is 0 Å². The second-order valence-electron chi connectivity index (χ2n) is 3.08. The van der Waals surface area contributed by atoms with E-state index >= 15 is 0 Å². The van der Waals surface area contributed by atoms with Gasteiger partial charge in [-0.1, -0.05) is 0 Å². The molecular formula is C10H8FNO4. The molecule has 6 heteroatoms. The lowest BCUT2D eigenvalue weighted by Gasteiger charge is -2.00. The number of carbonyl (C=O) groups is 1. The number of nitro benzene ring substituents is 1. The van der Waals surface area contributed by atoms with Crippen LogP contribution in [0.2, 0.25) is 0 Å². The number of hydrogen-bond donors (Lipinski definition) is 1. The van der Waals surface area contributed by atoms with Crippen LogP contribution in [0, 0.1) is 22.9 Å². The first-order valence-electron chi connectivity index (χ1n) is 4.27. The van der Waals surface area contributed by atoms with Crippen LogP contribution in [-0.2, 0) is 4.79 Å². The summed E-state index contributed by atoms with van der Waals surface area (Å²) in [6, 6.07) is 2.17. The molecule has 0 aliphatic rings. The van der Waals surface area contributed by atoms with Crippen molar-refractivity contribution in [2.45, 2.75) is 6.92 Å². The van der Waals surface area contributed by atoms with Gasteiger partial charge < -0.3 is 5.11 Å². The molecule has 0 aliphatic carbocycles. The second kappa shape index (κ2) is 4.52. The maximum Gasteiger partial charge on any atom is 0.328 e. The summed E-state index contributed by atoms with van der Waals surface area (Å²) >= 11 is 0. The molecule has 0 aliphatic heterocycles. The first kappa shape index (κ1) is 11.8. The molecule has 0 radical (unpaired) electrons. The van der Waals surface area contributed by atoms with Crippen LogP contribution in [0.15, 0.2) is 18.2 Å². The molecule has 0 unspecified atom stereocenters. The van der Waals surface area contributed by atoms with Crippen molar-refractivity contribution in [3.05, 3.63) is 45.3 Å². The highest BCUT2D eigenvalue weighted by Gasteiger charge is 2.15. The first-order valence-corrected chi connectivity index (χ1v) is 4.27. The van der Waals surface area contributed by atoms with Gasteiger partial charge >= 0.3 is 5.97 Å². The van der Waals surface area contributed by atoms with Crippen LogP contribution in [0.5, 0.6) is 0 Å². The highest BCUT2D eigenvalue weighted by atomic mass is 19.1. The number of nitro groups is 1. The third-order valence-electron chi connectivity index (χ3n) is 1.95. The molecule has 0 heterocycles. The van der Waals surface area contributed by atoms with Crippen molar-refractivity contribution in [1.29, 1.82) is 0 Å². The van der Waals surface area contributed by atoms with Crippen LogP contribution >= 0.6 is 0 Å². The third kappa shape index (κ3) is 2.63. The Morgan fingerprint density at radius 2 is 2.19 bits per heavy atom. The summed E-state index contributed by atoms with van der Waals surface area (Å²) in [4.78, 5) is 20.1. The summed E-state index contributed by atoms with van der Waals surface area (Å²) in [6.45, 7) is 1.29. The molecular weight excluding hydrogens is 217 g/mol. The predicted octanol–water partition coefficient (Wildman–Crippen LogP) is 2.14. The highest BCUT2D eigenvalue weighted by molar-refractivity contribution is 5.85. The number of benzene rings is 1. The molecule has 1 aromatic rings. The van der Waals surface area contributed by atoms with Crippen molar-refractivity contribution in [3.63, 3.8) is 0 Å². The molecule has 0 saturated heterocycles. The minimum atomic E-state index is -1.20. The summed E-state index contributed by atoms with van der Waals surface area (Å²) in [7, 11) is 0. The summed E-state index contributed by atoms with van der Waals surface area (Å²) in [5.41, 5.74) is -0.306. The average molecular weight is 225 g/mol. The van der Waals surface area contributed by atoms with Gasteiger partial charge in [0.15, 0.2) is 0 Å². The maximum absolute atomic E-state index is 13.2. The van der Waals surface area contributed by atoms with Crippen molar-refractivity contribution < 1.29 is 19.2 Å². The quantitative estimate of drug-likeness (QED) is 0.485. The van der Waals surface area contributed by atoms with Crippen molar-refractivity contribution in [2.75, 3.05) is 0 Å². The fourth-order valence-corrected chi connectivity index (χ4v) is 1.14. The Hall–Kier alpha value is -2.24. The van der Waals surface area contributed by atoms with Gasteiger partial charge in [-0.2, -0.15) is 0 Å². The Labute approximate surface area is 90.0 Å². The molecule has 16 heavy (non-hydrogen) atoms. The van der Waals surface area contributed by atoms with E-state index in [9.17, 15) is 19.3 Å². The van der Waals surface area contributed by atoms with E-state index in [1.165, 1.54) is 6.92 Å². The molecule has 0 aromatic heterocycles. The van der Waals surface area contributed by atoms with Gasteiger partial charge in [-0.05, 0) is 24.6 Å². The van der Waals surface area contributed by atoms with Gasteiger partial charge in [0.1, 0.15) is 5.82 Å². The SMILES string of the molecule is Cc1c(F)cc(/C=C/C(=O)O)cc1[N+](=O)[O-]. The lowest BCUT2D eigenvalue weighted by molar-refractivity contribution is -0.385. The van der Waals surface area contributed by atoms with Gasteiger partial charge in [0, 0.05) is 12.1 Å². The lowest BCUT2D eigenvalue weighted by Crippen LogP contribution is -1.96. The molecule has 0 saturated carbocycles. The summed E-state index contributed by atoms with van der Waals surface area (Å²) in [5, 5.41) is 18.9. The van der Waals surface area contributed by atoms with E-state index in [1.54, 1.807) is 0 Å². The maximum atomic E-state index is 13.2. The van der Waals surface area contributed by atoms with Gasteiger partial charge in [-0.25, -0.2) is 9.18 Å². The van der Waals surface area contributed by atoms with E-state index in [0.29, 0.717) is 0 Å². The zero-order valence-electron chi connectivity index (χ0n) is 8.31. The monoisotopic (exact) mass is 225 g/mol. The average Bonchev–Trinajstić information content (AvgIpc) is 2.19. The van der Waals surface area contributed by atoms with Crippen molar-refractivity contribution in [2.24, 2.45) is 0 Å². The molecule has 0 spiro atoms. The Morgan fingerprint density at radius 3 is 2.69 bits per heavy atom. The van der Waals surface area contributed by atoms with E-state index < -0.39 is 16.7 Å². The largest absolute Gasteiger partial charge is 0.478 e. The standard InChI is InChI=1S/C10H8FNO4/c1-6-8(11)4-7(2-3-10(13)14)5-9(6)12(15)16/h2-5H,1H3,(H,13,14)/b3-2+. The number of hydrogen-bond acceptors (Lipinski definition) is 3. The van der Waals surface area contributed by atoms with Gasteiger partial charge in [-0.3, -0.25) is 10.1 Å². The van der Waals surface area contributed by atoms with Gasteiger partial charge in [0.25, 0.3) is 5.69 Å². The molecule has 0 atom stereocenters. The Bertz CT molecular complexity index is 482. The van der Waals surface area contributed by atoms with Gasteiger partial charge in [0.05, 0.1) is 10.5 Å². The normalized spacial score (nSPS) is 10.6. The topological polar surface area (TPSA) is 80.4 Å². The minimum absolute atomic E-state index is 0.0718. The smallest absolute Gasteiger partial charge is 0.328 e. The second-order valence-corrected chi connectivity index (χ2v) is 3.08. The summed E-state index contributed by atoms with van der Waals surface area (Å²) in [6.07, 6.45) is 1.88. The van der Waals surface area contributed by atoms with Crippen LogP contribution in [0.25, 0.3) is 6.08 Å². The van der Waals surface area contributed by atoms with E-state index in [4.69, 9.17) is 5.11 Å². The van der Waals surface area contributed by atoms with Gasteiger partial charge in [0.2, 0.25) is 0 Å². The first-order chi connectivity index (χ1) is 7.41. The number of nitrogens with zero attached hydrogens (tertiary/aromatic N) is 1. The Balaban J connectivity index is 3.24. The molecule has 1 N–H and O–H groups in total. The van der Waals surface area contributed by atoms with Crippen LogP contribution in [-0.4, -0.2) is 16.0 Å². The van der Waals surface area contributed by atoms with Crippen molar-refractivity contribution >= 4 is 17.7 Å². The van der Waals surface area contributed by atoms with E-state index in [0.717, 1.165) is 24.3 Å². The minimum Gasteiger partial charge on any atom is -0.478 e. The molecule has 0 bridgehead atoms. The Morgan fingerprint density at radius 1 is 1.56 bits per heavy atom. The molecule has 0 amide bonds. The molecule has 0 fully saturated rings. The lowest BCUT2D eigenvalue weighted by atomic mass is 10.1. The molecule has 1 rings (SSSR count). The number of carboxylic acids is 1. The third-order valence-corrected chi connectivity index (χ3v) is 1.95. The number of aliphatic carboxylic acids is 1. The van der Waals surface area contributed by atoms with E-state index in [-0.39, 0.29) is 16.8 Å². The summed E-state index contributed by atoms with van der Waals surface area (Å²) in [5.74, 6) is -1.94. The van der Waals surface area contributed by atoms with Crippen molar-refractivity contribution in [3.8, 4) is 0 Å².